The second-order valence-electron chi connectivity index (χ2n) is 3.88. The van der Waals surface area contributed by atoms with Crippen LogP contribution < -0.4 is 5.73 Å². The first-order valence-electron chi connectivity index (χ1n) is 5.50. The highest BCUT2D eigenvalue weighted by Gasteiger charge is 2.24. The van der Waals surface area contributed by atoms with Crippen molar-refractivity contribution in [1.29, 1.82) is 0 Å². The van der Waals surface area contributed by atoms with Crippen LogP contribution in [0.3, 0.4) is 0 Å². The molecule has 0 aromatic carbocycles. The van der Waals surface area contributed by atoms with Crippen LogP contribution in [-0.4, -0.2) is 61.8 Å². The fraction of sp³-hybridized carbons (Fsp3) is 0.900. The zero-order valence-electron chi connectivity index (χ0n) is 9.61. The first kappa shape index (κ1) is 12.3. The second-order valence-corrected chi connectivity index (χ2v) is 3.88. The molecule has 0 bridgehead atoms. The lowest BCUT2D eigenvalue weighted by Gasteiger charge is -2.34. The Balaban J connectivity index is 2.44. The van der Waals surface area contributed by atoms with Gasteiger partial charge < -0.3 is 20.3 Å². The highest BCUT2D eigenvalue weighted by Crippen LogP contribution is 2.06. The number of ether oxygens (including phenoxy) is 1. The molecule has 1 saturated heterocycles. The van der Waals surface area contributed by atoms with Gasteiger partial charge in [0, 0.05) is 33.2 Å². The van der Waals surface area contributed by atoms with Crippen LogP contribution in [0.25, 0.3) is 0 Å². The van der Waals surface area contributed by atoms with Gasteiger partial charge in [0.1, 0.15) is 0 Å². The summed E-state index contributed by atoms with van der Waals surface area (Å²) in [5.41, 5.74) is 5.52. The van der Waals surface area contributed by atoms with Gasteiger partial charge in [-0.05, 0) is 6.42 Å². The van der Waals surface area contributed by atoms with E-state index in [0.717, 1.165) is 13.0 Å². The van der Waals surface area contributed by atoms with Crippen LogP contribution in [0.15, 0.2) is 0 Å². The molecule has 1 atom stereocenters. The SMILES string of the molecule is CCCN(C)C(=O)N1CCOC(CN)C1. The molecule has 2 N–H and O–H groups in total. The number of nitrogens with two attached hydrogens (primary N) is 1. The summed E-state index contributed by atoms with van der Waals surface area (Å²) < 4.78 is 5.41. The largest absolute Gasteiger partial charge is 0.373 e. The summed E-state index contributed by atoms with van der Waals surface area (Å²) in [6.45, 7) is 5.21. The molecule has 15 heavy (non-hydrogen) atoms. The van der Waals surface area contributed by atoms with Crippen molar-refractivity contribution in [3.05, 3.63) is 0 Å². The van der Waals surface area contributed by atoms with E-state index in [1.54, 1.807) is 4.90 Å². The number of morpholine rings is 1. The highest BCUT2D eigenvalue weighted by atomic mass is 16.5. The van der Waals surface area contributed by atoms with Gasteiger partial charge in [-0.3, -0.25) is 0 Å². The molecule has 1 fully saturated rings. The van der Waals surface area contributed by atoms with Gasteiger partial charge in [-0.2, -0.15) is 0 Å². The minimum Gasteiger partial charge on any atom is -0.373 e. The molecule has 0 aromatic heterocycles. The molecule has 2 amide bonds. The van der Waals surface area contributed by atoms with E-state index in [-0.39, 0.29) is 12.1 Å². The fourth-order valence-corrected chi connectivity index (χ4v) is 1.71. The van der Waals surface area contributed by atoms with Crippen molar-refractivity contribution in [3.8, 4) is 0 Å². The maximum atomic E-state index is 11.9. The minimum atomic E-state index is -0.00211. The number of urea groups is 1. The quantitative estimate of drug-likeness (QED) is 0.727. The van der Waals surface area contributed by atoms with Crippen LogP contribution >= 0.6 is 0 Å². The average Bonchev–Trinajstić information content (AvgIpc) is 2.28. The van der Waals surface area contributed by atoms with E-state index in [2.05, 4.69) is 6.92 Å². The maximum Gasteiger partial charge on any atom is 0.319 e. The van der Waals surface area contributed by atoms with Crippen LogP contribution in [0.1, 0.15) is 13.3 Å². The minimum absolute atomic E-state index is 0.00211. The average molecular weight is 215 g/mol. The van der Waals surface area contributed by atoms with Gasteiger partial charge in [-0.1, -0.05) is 6.92 Å². The number of hydrogen-bond acceptors (Lipinski definition) is 3. The van der Waals surface area contributed by atoms with E-state index >= 15 is 0 Å². The van der Waals surface area contributed by atoms with E-state index in [9.17, 15) is 4.79 Å². The normalized spacial score (nSPS) is 21.5. The van der Waals surface area contributed by atoms with Crippen LogP contribution in [-0.2, 0) is 4.74 Å². The number of nitrogens with zero attached hydrogens (tertiary/aromatic N) is 2. The maximum absolute atomic E-state index is 11.9. The topological polar surface area (TPSA) is 58.8 Å². The van der Waals surface area contributed by atoms with E-state index in [1.165, 1.54) is 0 Å². The van der Waals surface area contributed by atoms with Crippen molar-refractivity contribution < 1.29 is 9.53 Å². The zero-order chi connectivity index (χ0) is 11.3. The van der Waals surface area contributed by atoms with Crippen molar-refractivity contribution in [2.45, 2.75) is 19.4 Å². The smallest absolute Gasteiger partial charge is 0.319 e. The Morgan fingerprint density at radius 2 is 2.40 bits per heavy atom. The summed E-state index contributed by atoms with van der Waals surface area (Å²) in [6, 6.07) is 0.0820. The third-order valence-corrected chi connectivity index (χ3v) is 2.56. The van der Waals surface area contributed by atoms with E-state index in [4.69, 9.17) is 10.5 Å². The van der Waals surface area contributed by atoms with E-state index in [0.29, 0.717) is 26.2 Å². The van der Waals surface area contributed by atoms with Crippen molar-refractivity contribution in [2.75, 3.05) is 39.8 Å². The monoisotopic (exact) mass is 215 g/mol. The van der Waals surface area contributed by atoms with Crippen molar-refractivity contribution in [3.63, 3.8) is 0 Å². The first-order valence-corrected chi connectivity index (χ1v) is 5.50. The highest BCUT2D eigenvalue weighted by molar-refractivity contribution is 5.74. The molecule has 88 valence electrons. The van der Waals surface area contributed by atoms with Crippen molar-refractivity contribution in [2.24, 2.45) is 5.73 Å². The third-order valence-electron chi connectivity index (χ3n) is 2.56. The van der Waals surface area contributed by atoms with Crippen molar-refractivity contribution in [1.82, 2.24) is 9.80 Å². The molecule has 0 aliphatic carbocycles. The molecule has 5 heteroatoms. The predicted molar refractivity (Wildman–Crippen MR) is 58.7 cm³/mol. The number of hydrogen-bond donors (Lipinski definition) is 1. The fourth-order valence-electron chi connectivity index (χ4n) is 1.71. The van der Waals surface area contributed by atoms with Crippen LogP contribution in [0.2, 0.25) is 0 Å². The molecule has 1 rings (SSSR count). The van der Waals surface area contributed by atoms with Crippen LogP contribution in [0.5, 0.6) is 0 Å². The van der Waals surface area contributed by atoms with Gasteiger partial charge in [-0.15, -0.1) is 0 Å². The Kier molecular flexibility index (Phi) is 4.84. The van der Waals surface area contributed by atoms with Gasteiger partial charge in [0.15, 0.2) is 0 Å². The second kappa shape index (κ2) is 5.92. The lowest BCUT2D eigenvalue weighted by molar-refractivity contribution is -0.0130. The molecule has 0 aromatic rings. The molecule has 0 spiro atoms. The Morgan fingerprint density at radius 3 is 3.00 bits per heavy atom. The molecule has 1 aliphatic heterocycles. The summed E-state index contributed by atoms with van der Waals surface area (Å²) in [6.07, 6.45) is 0.977. The van der Waals surface area contributed by atoms with E-state index < -0.39 is 0 Å². The summed E-state index contributed by atoms with van der Waals surface area (Å²) >= 11 is 0. The standard InChI is InChI=1S/C10H21N3O2/c1-3-4-12(2)10(14)13-5-6-15-9(7-11)8-13/h9H,3-8,11H2,1-2H3. The van der Waals surface area contributed by atoms with Gasteiger partial charge in [0.25, 0.3) is 0 Å². The summed E-state index contributed by atoms with van der Waals surface area (Å²) in [5, 5.41) is 0. The zero-order valence-corrected chi connectivity index (χ0v) is 9.61. The van der Waals surface area contributed by atoms with Gasteiger partial charge in [-0.25, -0.2) is 4.79 Å². The Morgan fingerprint density at radius 1 is 1.67 bits per heavy atom. The Labute approximate surface area is 91.2 Å². The van der Waals surface area contributed by atoms with E-state index in [1.807, 2.05) is 11.9 Å². The summed E-state index contributed by atoms with van der Waals surface area (Å²) in [4.78, 5) is 15.5. The molecule has 1 unspecified atom stereocenters. The lowest BCUT2D eigenvalue weighted by Crippen LogP contribution is -2.51. The summed E-state index contributed by atoms with van der Waals surface area (Å²) in [7, 11) is 1.83. The number of rotatable bonds is 3. The van der Waals surface area contributed by atoms with Gasteiger partial charge >= 0.3 is 6.03 Å². The van der Waals surface area contributed by atoms with Gasteiger partial charge in [0.05, 0.1) is 12.7 Å². The third kappa shape index (κ3) is 3.35. The molecular weight excluding hydrogens is 194 g/mol. The molecule has 0 saturated carbocycles. The first-order chi connectivity index (χ1) is 7.19. The van der Waals surface area contributed by atoms with Gasteiger partial charge in [0.2, 0.25) is 0 Å². The van der Waals surface area contributed by atoms with Crippen LogP contribution in [0.4, 0.5) is 4.79 Å². The molecular formula is C10H21N3O2. The predicted octanol–water partition coefficient (Wildman–Crippen LogP) is 0.108. The number of carbonyl (C=O) groups excluding carboxylic acids is 1. The molecule has 1 heterocycles. The van der Waals surface area contributed by atoms with Crippen LogP contribution in [0, 0.1) is 0 Å². The Bertz CT molecular complexity index is 211. The molecule has 0 radical (unpaired) electrons. The summed E-state index contributed by atoms with van der Waals surface area (Å²) in [5.74, 6) is 0. The molecule has 5 nitrogen and oxygen atoms in total. The number of carbonyl (C=O) groups is 1. The lowest BCUT2D eigenvalue weighted by atomic mass is 10.3. The van der Waals surface area contributed by atoms with Crippen molar-refractivity contribution >= 4 is 6.03 Å². The number of amides is 2. The Hall–Kier alpha value is -0.810. The molecule has 1 aliphatic rings.